The second kappa shape index (κ2) is 7.13. The van der Waals surface area contributed by atoms with Gasteiger partial charge in [0.05, 0.1) is 0 Å². The Morgan fingerprint density at radius 2 is 0.500 bits per heavy atom. The van der Waals surface area contributed by atoms with Gasteiger partial charge in [0, 0.05) is 0 Å². The van der Waals surface area contributed by atoms with Gasteiger partial charge in [0.1, 0.15) is 24.7 Å². The van der Waals surface area contributed by atoms with Gasteiger partial charge in [-0.15, -0.1) is 0 Å². The minimum absolute atomic E-state index is 0.130. The third-order valence-electron chi connectivity index (χ3n) is 3.17. The van der Waals surface area contributed by atoms with Crippen molar-refractivity contribution in [3.8, 4) is 0 Å². The first-order valence-electron chi connectivity index (χ1n) is 6.14. The SMILES string of the molecule is FC1CCC(F)CCC(F)CCC(F)CC1. The Morgan fingerprint density at radius 3 is 0.625 bits per heavy atom. The van der Waals surface area contributed by atoms with E-state index in [4.69, 9.17) is 0 Å². The van der Waals surface area contributed by atoms with Crippen LogP contribution in [0.3, 0.4) is 0 Å². The highest BCUT2D eigenvalue weighted by atomic mass is 19.1. The maximum Gasteiger partial charge on any atom is 0.100 e. The minimum atomic E-state index is -1.11. The topological polar surface area (TPSA) is 0 Å². The molecule has 1 aliphatic carbocycles. The number of hydrogen-bond donors (Lipinski definition) is 0. The first-order chi connectivity index (χ1) is 7.58. The molecule has 0 aliphatic heterocycles. The number of hydrogen-bond acceptors (Lipinski definition) is 0. The van der Waals surface area contributed by atoms with Crippen LogP contribution in [0, 0.1) is 0 Å². The Labute approximate surface area is 94.4 Å². The molecule has 0 bridgehead atoms. The highest BCUT2D eigenvalue weighted by molar-refractivity contribution is 4.70. The van der Waals surface area contributed by atoms with Crippen molar-refractivity contribution in [2.45, 2.75) is 76.1 Å². The molecule has 0 N–H and O–H groups in total. The summed E-state index contributed by atoms with van der Waals surface area (Å²) in [5.41, 5.74) is 0. The molecule has 1 fully saturated rings. The van der Waals surface area contributed by atoms with Crippen molar-refractivity contribution in [1.29, 1.82) is 0 Å². The van der Waals surface area contributed by atoms with Gasteiger partial charge >= 0.3 is 0 Å². The smallest absolute Gasteiger partial charge is 0.100 e. The summed E-state index contributed by atoms with van der Waals surface area (Å²) < 4.78 is 52.8. The molecule has 1 saturated carbocycles. The Bertz CT molecular complexity index is 130. The van der Waals surface area contributed by atoms with Gasteiger partial charge in [0.2, 0.25) is 0 Å². The van der Waals surface area contributed by atoms with Crippen LogP contribution in [0.1, 0.15) is 51.4 Å². The average molecular weight is 240 g/mol. The molecule has 0 saturated heterocycles. The predicted molar refractivity (Wildman–Crippen MR) is 56.5 cm³/mol. The zero-order chi connectivity index (χ0) is 12.0. The Hall–Kier alpha value is -0.280. The molecule has 0 unspecified atom stereocenters. The number of rotatable bonds is 0. The van der Waals surface area contributed by atoms with E-state index in [-0.39, 0.29) is 51.4 Å². The third kappa shape index (κ3) is 5.71. The second-order valence-electron chi connectivity index (χ2n) is 4.70. The first-order valence-corrected chi connectivity index (χ1v) is 6.14. The molecule has 1 aliphatic rings. The summed E-state index contributed by atoms with van der Waals surface area (Å²) in [6, 6.07) is 0. The lowest BCUT2D eigenvalue weighted by molar-refractivity contribution is 0.169. The van der Waals surface area contributed by atoms with E-state index in [1.807, 2.05) is 0 Å². The van der Waals surface area contributed by atoms with Gasteiger partial charge in [-0.1, -0.05) is 0 Å². The zero-order valence-electron chi connectivity index (χ0n) is 9.48. The second-order valence-corrected chi connectivity index (χ2v) is 4.70. The van der Waals surface area contributed by atoms with Crippen molar-refractivity contribution in [1.82, 2.24) is 0 Å². The highest BCUT2D eigenvalue weighted by Crippen LogP contribution is 2.23. The maximum atomic E-state index is 13.2. The van der Waals surface area contributed by atoms with Gasteiger partial charge in [-0.05, 0) is 51.4 Å². The molecule has 0 atom stereocenters. The van der Waals surface area contributed by atoms with Crippen molar-refractivity contribution in [3.63, 3.8) is 0 Å². The van der Waals surface area contributed by atoms with E-state index in [0.29, 0.717) is 0 Å². The summed E-state index contributed by atoms with van der Waals surface area (Å²) in [6.45, 7) is 0. The van der Waals surface area contributed by atoms with E-state index >= 15 is 0 Å². The first kappa shape index (κ1) is 13.8. The van der Waals surface area contributed by atoms with Gasteiger partial charge in [0.15, 0.2) is 0 Å². The summed E-state index contributed by atoms with van der Waals surface area (Å²) in [7, 11) is 0. The third-order valence-corrected chi connectivity index (χ3v) is 3.17. The van der Waals surface area contributed by atoms with Crippen LogP contribution in [0.5, 0.6) is 0 Å². The molecule has 4 heteroatoms. The molecule has 0 aromatic carbocycles. The van der Waals surface area contributed by atoms with Crippen LogP contribution in [0.2, 0.25) is 0 Å². The van der Waals surface area contributed by atoms with Gasteiger partial charge in [0.25, 0.3) is 0 Å². The molecule has 0 nitrogen and oxygen atoms in total. The van der Waals surface area contributed by atoms with Crippen molar-refractivity contribution in [2.24, 2.45) is 0 Å². The van der Waals surface area contributed by atoms with Gasteiger partial charge < -0.3 is 0 Å². The van der Waals surface area contributed by atoms with E-state index in [0.717, 1.165) is 0 Å². The maximum absolute atomic E-state index is 13.2. The molecule has 0 radical (unpaired) electrons. The molecule has 16 heavy (non-hydrogen) atoms. The quantitative estimate of drug-likeness (QED) is 0.548. The van der Waals surface area contributed by atoms with E-state index in [1.165, 1.54) is 0 Å². The van der Waals surface area contributed by atoms with Crippen molar-refractivity contribution < 1.29 is 17.6 Å². The van der Waals surface area contributed by atoms with Crippen LogP contribution < -0.4 is 0 Å². The standard InChI is InChI=1S/C12H20F4/c13-9-1-2-10(14)5-6-12(16)8-7-11(15)4-3-9/h9-12H,1-8H2. The predicted octanol–water partition coefficient (Wildman–Crippen LogP) is 4.47. The lowest BCUT2D eigenvalue weighted by atomic mass is 9.97. The molecular formula is C12H20F4. The van der Waals surface area contributed by atoms with Crippen molar-refractivity contribution in [2.75, 3.05) is 0 Å². The summed E-state index contributed by atoms with van der Waals surface area (Å²) in [5.74, 6) is 0. The van der Waals surface area contributed by atoms with Crippen LogP contribution in [0.25, 0.3) is 0 Å². The Balaban J connectivity index is 2.39. The average Bonchev–Trinajstić information content (AvgIpc) is 2.27. The summed E-state index contributed by atoms with van der Waals surface area (Å²) in [5, 5.41) is 0. The molecule has 0 aromatic rings. The van der Waals surface area contributed by atoms with Crippen molar-refractivity contribution >= 4 is 0 Å². The molecule has 1 rings (SSSR count). The van der Waals surface area contributed by atoms with E-state index < -0.39 is 24.7 Å². The molecule has 0 heterocycles. The van der Waals surface area contributed by atoms with Crippen LogP contribution in [0.4, 0.5) is 17.6 Å². The van der Waals surface area contributed by atoms with E-state index in [2.05, 4.69) is 0 Å². The lowest BCUT2D eigenvalue weighted by Gasteiger charge is -2.16. The summed E-state index contributed by atoms with van der Waals surface area (Å²) in [4.78, 5) is 0. The molecule has 0 spiro atoms. The monoisotopic (exact) mass is 240 g/mol. The van der Waals surface area contributed by atoms with Crippen molar-refractivity contribution in [3.05, 3.63) is 0 Å². The normalized spacial score (nSPS) is 39.8. The summed E-state index contributed by atoms with van der Waals surface area (Å²) >= 11 is 0. The fourth-order valence-corrected chi connectivity index (χ4v) is 2.02. The van der Waals surface area contributed by atoms with Crippen LogP contribution in [0.15, 0.2) is 0 Å². The van der Waals surface area contributed by atoms with Crippen LogP contribution in [-0.4, -0.2) is 24.7 Å². The zero-order valence-corrected chi connectivity index (χ0v) is 9.48. The largest absolute Gasteiger partial charge is 0.247 e. The lowest BCUT2D eigenvalue weighted by Crippen LogP contribution is -2.14. The fourth-order valence-electron chi connectivity index (χ4n) is 2.02. The van der Waals surface area contributed by atoms with Crippen LogP contribution >= 0.6 is 0 Å². The molecule has 0 amide bonds. The number of alkyl halides is 4. The molecule has 0 aromatic heterocycles. The number of halogens is 4. The van der Waals surface area contributed by atoms with E-state index in [1.54, 1.807) is 0 Å². The molecular weight excluding hydrogens is 220 g/mol. The highest BCUT2D eigenvalue weighted by Gasteiger charge is 2.19. The van der Waals surface area contributed by atoms with Crippen LogP contribution in [-0.2, 0) is 0 Å². The van der Waals surface area contributed by atoms with E-state index in [9.17, 15) is 17.6 Å². The molecule has 96 valence electrons. The minimum Gasteiger partial charge on any atom is -0.247 e. The van der Waals surface area contributed by atoms with Gasteiger partial charge in [-0.3, -0.25) is 0 Å². The fraction of sp³-hybridized carbons (Fsp3) is 1.00. The Kier molecular flexibility index (Phi) is 6.14. The Morgan fingerprint density at radius 1 is 0.375 bits per heavy atom. The van der Waals surface area contributed by atoms with Gasteiger partial charge in [-0.25, -0.2) is 17.6 Å². The summed E-state index contributed by atoms with van der Waals surface area (Å²) in [6.07, 6.45) is -3.42. The van der Waals surface area contributed by atoms with Gasteiger partial charge in [-0.2, -0.15) is 0 Å².